The van der Waals surface area contributed by atoms with Crippen molar-refractivity contribution in [3.63, 3.8) is 0 Å². The number of aromatic nitrogens is 2. The van der Waals surface area contributed by atoms with Crippen molar-refractivity contribution in [2.75, 3.05) is 18.5 Å². The minimum Gasteiger partial charge on any atom is -0.381 e. The van der Waals surface area contributed by atoms with E-state index in [1.165, 1.54) is 0 Å². The first-order valence-corrected chi connectivity index (χ1v) is 7.24. The van der Waals surface area contributed by atoms with Crippen molar-refractivity contribution in [3.05, 3.63) is 12.3 Å². The SMILES string of the molecule is CC(C)CC(NC(=O)C1CCOC1)C(=O)Nc1ccn[nH]1. The maximum absolute atomic E-state index is 12.3. The highest BCUT2D eigenvalue weighted by Gasteiger charge is 2.28. The number of aromatic amines is 1. The number of hydrogen-bond acceptors (Lipinski definition) is 4. The molecule has 2 amide bonds. The van der Waals surface area contributed by atoms with Gasteiger partial charge in [0.1, 0.15) is 11.9 Å². The van der Waals surface area contributed by atoms with E-state index in [4.69, 9.17) is 4.74 Å². The largest absolute Gasteiger partial charge is 0.381 e. The summed E-state index contributed by atoms with van der Waals surface area (Å²) in [5.74, 6) is 0.313. The van der Waals surface area contributed by atoms with Gasteiger partial charge in [0.15, 0.2) is 0 Å². The van der Waals surface area contributed by atoms with Crippen LogP contribution in [0, 0.1) is 11.8 Å². The van der Waals surface area contributed by atoms with Crippen LogP contribution < -0.4 is 10.6 Å². The van der Waals surface area contributed by atoms with Crippen LogP contribution in [0.3, 0.4) is 0 Å². The van der Waals surface area contributed by atoms with Gasteiger partial charge in [-0.3, -0.25) is 14.7 Å². The molecule has 0 radical (unpaired) electrons. The van der Waals surface area contributed by atoms with Crippen LogP contribution in [-0.4, -0.2) is 41.3 Å². The molecule has 1 aromatic heterocycles. The lowest BCUT2D eigenvalue weighted by Crippen LogP contribution is -2.46. The van der Waals surface area contributed by atoms with Gasteiger partial charge in [0, 0.05) is 12.7 Å². The molecule has 7 heteroatoms. The van der Waals surface area contributed by atoms with Gasteiger partial charge in [0.25, 0.3) is 0 Å². The van der Waals surface area contributed by atoms with Gasteiger partial charge in [-0.15, -0.1) is 0 Å². The summed E-state index contributed by atoms with van der Waals surface area (Å²) in [5, 5.41) is 12.0. The highest BCUT2D eigenvalue weighted by molar-refractivity contribution is 5.96. The van der Waals surface area contributed by atoms with Crippen molar-refractivity contribution in [1.29, 1.82) is 0 Å². The molecular weight excluding hydrogens is 272 g/mol. The molecule has 0 bridgehead atoms. The number of anilines is 1. The fraction of sp³-hybridized carbons (Fsp3) is 0.643. The number of H-pyrrole nitrogens is 1. The predicted octanol–water partition coefficient (Wildman–Crippen LogP) is 0.916. The second kappa shape index (κ2) is 7.21. The average Bonchev–Trinajstić information content (AvgIpc) is 3.10. The van der Waals surface area contributed by atoms with Crippen molar-refractivity contribution in [2.24, 2.45) is 11.8 Å². The first-order valence-electron chi connectivity index (χ1n) is 7.24. The standard InChI is InChI=1S/C14H22N4O3/c1-9(2)7-11(14(20)17-12-3-5-15-18-12)16-13(19)10-4-6-21-8-10/h3,5,9-11H,4,6-8H2,1-2H3,(H,16,19)(H2,15,17,18,20). The van der Waals surface area contributed by atoms with E-state index in [-0.39, 0.29) is 17.7 Å². The van der Waals surface area contributed by atoms with Crippen LogP contribution in [-0.2, 0) is 14.3 Å². The summed E-state index contributed by atoms with van der Waals surface area (Å²) in [5.41, 5.74) is 0. The number of rotatable bonds is 6. The van der Waals surface area contributed by atoms with E-state index >= 15 is 0 Å². The molecule has 0 saturated carbocycles. The Labute approximate surface area is 123 Å². The minimum absolute atomic E-state index is 0.113. The minimum atomic E-state index is -0.554. The van der Waals surface area contributed by atoms with E-state index in [2.05, 4.69) is 20.8 Å². The molecular formula is C14H22N4O3. The summed E-state index contributed by atoms with van der Waals surface area (Å²) in [6, 6.07) is 1.11. The molecule has 2 rings (SSSR count). The van der Waals surface area contributed by atoms with Crippen LogP contribution in [0.5, 0.6) is 0 Å². The maximum atomic E-state index is 12.3. The third-order valence-electron chi connectivity index (χ3n) is 3.40. The molecule has 21 heavy (non-hydrogen) atoms. The van der Waals surface area contributed by atoms with Gasteiger partial charge in [-0.1, -0.05) is 13.8 Å². The molecule has 2 heterocycles. The number of nitrogens with one attached hydrogen (secondary N) is 3. The first kappa shape index (κ1) is 15.5. The monoisotopic (exact) mass is 294 g/mol. The molecule has 116 valence electrons. The second-order valence-electron chi connectivity index (χ2n) is 5.71. The van der Waals surface area contributed by atoms with Gasteiger partial charge >= 0.3 is 0 Å². The number of nitrogens with zero attached hydrogens (tertiary/aromatic N) is 1. The Morgan fingerprint density at radius 2 is 2.33 bits per heavy atom. The zero-order chi connectivity index (χ0) is 15.2. The molecule has 2 atom stereocenters. The first-order chi connectivity index (χ1) is 10.1. The van der Waals surface area contributed by atoms with Crippen molar-refractivity contribution in [3.8, 4) is 0 Å². The Bertz CT molecular complexity index is 467. The Hall–Kier alpha value is -1.89. The Balaban J connectivity index is 1.95. The number of amides is 2. The highest BCUT2D eigenvalue weighted by atomic mass is 16.5. The lowest BCUT2D eigenvalue weighted by molar-refractivity contribution is -0.129. The third kappa shape index (κ3) is 4.56. The van der Waals surface area contributed by atoms with Gasteiger partial charge in [0.05, 0.1) is 18.7 Å². The molecule has 0 spiro atoms. The fourth-order valence-corrected chi connectivity index (χ4v) is 2.28. The van der Waals surface area contributed by atoms with Crippen LogP contribution in [0.1, 0.15) is 26.7 Å². The van der Waals surface area contributed by atoms with E-state index in [9.17, 15) is 9.59 Å². The highest BCUT2D eigenvalue weighted by Crippen LogP contribution is 2.14. The summed E-state index contributed by atoms with van der Waals surface area (Å²) >= 11 is 0. The third-order valence-corrected chi connectivity index (χ3v) is 3.40. The molecule has 1 saturated heterocycles. The van der Waals surface area contributed by atoms with E-state index in [0.717, 1.165) is 0 Å². The van der Waals surface area contributed by atoms with E-state index in [0.29, 0.717) is 37.8 Å². The number of carbonyl (C=O) groups excluding carboxylic acids is 2. The zero-order valence-electron chi connectivity index (χ0n) is 12.4. The lowest BCUT2D eigenvalue weighted by Gasteiger charge is -2.21. The molecule has 7 nitrogen and oxygen atoms in total. The molecule has 1 fully saturated rings. The van der Waals surface area contributed by atoms with Gasteiger partial charge < -0.3 is 15.4 Å². The van der Waals surface area contributed by atoms with Crippen LogP contribution in [0.2, 0.25) is 0 Å². The van der Waals surface area contributed by atoms with Crippen LogP contribution >= 0.6 is 0 Å². The van der Waals surface area contributed by atoms with E-state index in [1.807, 2.05) is 13.8 Å². The Morgan fingerprint density at radius 3 is 2.90 bits per heavy atom. The van der Waals surface area contributed by atoms with Crippen molar-refractivity contribution in [2.45, 2.75) is 32.7 Å². The smallest absolute Gasteiger partial charge is 0.248 e. The maximum Gasteiger partial charge on any atom is 0.248 e. The van der Waals surface area contributed by atoms with E-state index in [1.54, 1.807) is 12.3 Å². The van der Waals surface area contributed by atoms with Gasteiger partial charge in [0.2, 0.25) is 11.8 Å². The van der Waals surface area contributed by atoms with Crippen LogP contribution in [0.25, 0.3) is 0 Å². The lowest BCUT2D eigenvalue weighted by atomic mass is 10.0. The molecule has 0 aliphatic carbocycles. The normalized spacial score (nSPS) is 19.5. The molecule has 3 N–H and O–H groups in total. The molecule has 1 aliphatic rings. The molecule has 1 aliphatic heterocycles. The van der Waals surface area contributed by atoms with E-state index < -0.39 is 6.04 Å². The number of ether oxygens (including phenoxy) is 1. The van der Waals surface area contributed by atoms with Gasteiger partial charge in [-0.05, 0) is 18.8 Å². The molecule has 0 aromatic carbocycles. The Kier molecular flexibility index (Phi) is 5.32. The quantitative estimate of drug-likeness (QED) is 0.726. The average molecular weight is 294 g/mol. The topological polar surface area (TPSA) is 96.1 Å². The predicted molar refractivity (Wildman–Crippen MR) is 77.5 cm³/mol. The summed E-state index contributed by atoms with van der Waals surface area (Å²) < 4.78 is 5.21. The van der Waals surface area contributed by atoms with Crippen molar-refractivity contribution >= 4 is 17.6 Å². The number of carbonyl (C=O) groups is 2. The molecule has 2 unspecified atom stereocenters. The Morgan fingerprint density at radius 1 is 1.52 bits per heavy atom. The summed E-state index contributed by atoms with van der Waals surface area (Å²) in [6.45, 7) is 5.07. The molecule has 1 aromatic rings. The van der Waals surface area contributed by atoms with Crippen LogP contribution in [0.4, 0.5) is 5.82 Å². The fourth-order valence-electron chi connectivity index (χ4n) is 2.28. The van der Waals surface area contributed by atoms with Crippen molar-refractivity contribution < 1.29 is 14.3 Å². The van der Waals surface area contributed by atoms with Gasteiger partial charge in [-0.2, -0.15) is 5.10 Å². The zero-order valence-corrected chi connectivity index (χ0v) is 12.4. The van der Waals surface area contributed by atoms with Crippen molar-refractivity contribution in [1.82, 2.24) is 15.5 Å². The number of hydrogen-bond donors (Lipinski definition) is 3. The van der Waals surface area contributed by atoms with Gasteiger partial charge in [-0.25, -0.2) is 0 Å². The summed E-state index contributed by atoms with van der Waals surface area (Å²) in [7, 11) is 0. The summed E-state index contributed by atoms with van der Waals surface area (Å²) in [6.07, 6.45) is 2.85. The summed E-state index contributed by atoms with van der Waals surface area (Å²) in [4.78, 5) is 24.4. The van der Waals surface area contributed by atoms with Crippen LogP contribution in [0.15, 0.2) is 12.3 Å². The second-order valence-corrected chi connectivity index (χ2v) is 5.71.